The van der Waals surface area contributed by atoms with E-state index in [1.54, 1.807) is 0 Å². The summed E-state index contributed by atoms with van der Waals surface area (Å²) in [7, 11) is 0. The average molecular weight is 281 g/mol. The van der Waals surface area contributed by atoms with Crippen LogP contribution in [0.4, 0.5) is 0 Å². The number of carbonyl (C=O) groups excluding carboxylic acids is 2. The molecule has 0 saturated carbocycles. The highest BCUT2D eigenvalue weighted by Crippen LogP contribution is 2.19. The monoisotopic (exact) mass is 281 g/mol. The SMILES string of the molecule is CC(C)CC(=O)N1CCN(C(=O)[C@@H]2CNC[C@H]2C)CC1. The quantitative estimate of drug-likeness (QED) is 0.822. The number of carbonyl (C=O) groups is 2. The zero-order valence-corrected chi connectivity index (χ0v) is 12.9. The zero-order chi connectivity index (χ0) is 14.7. The van der Waals surface area contributed by atoms with E-state index >= 15 is 0 Å². The molecular weight excluding hydrogens is 254 g/mol. The van der Waals surface area contributed by atoms with Gasteiger partial charge in [-0.05, 0) is 18.4 Å². The Morgan fingerprint density at radius 2 is 1.70 bits per heavy atom. The Morgan fingerprint density at radius 1 is 1.10 bits per heavy atom. The second kappa shape index (κ2) is 6.57. The van der Waals surface area contributed by atoms with Crippen LogP contribution in [0.1, 0.15) is 27.2 Å². The number of amides is 2. The van der Waals surface area contributed by atoms with Crippen molar-refractivity contribution in [3.05, 3.63) is 0 Å². The van der Waals surface area contributed by atoms with Crippen LogP contribution in [0, 0.1) is 17.8 Å². The zero-order valence-electron chi connectivity index (χ0n) is 12.9. The Morgan fingerprint density at radius 3 is 2.20 bits per heavy atom. The lowest BCUT2D eigenvalue weighted by Gasteiger charge is -2.36. The Labute approximate surface area is 121 Å². The molecule has 0 aromatic rings. The molecule has 0 aromatic carbocycles. The van der Waals surface area contributed by atoms with E-state index in [-0.39, 0.29) is 17.7 Å². The summed E-state index contributed by atoms with van der Waals surface area (Å²) in [5, 5.41) is 3.28. The molecule has 0 spiro atoms. The molecule has 20 heavy (non-hydrogen) atoms. The van der Waals surface area contributed by atoms with Gasteiger partial charge in [0.15, 0.2) is 0 Å². The minimum Gasteiger partial charge on any atom is -0.339 e. The first kappa shape index (κ1) is 15.3. The molecular formula is C15H27N3O2. The van der Waals surface area contributed by atoms with Crippen LogP contribution in [0.5, 0.6) is 0 Å². The molecule has 0 aromatic heterocycles. The van der Waals surface area contributed by atoms with Crippen molar-refractivity contribution < 1.29 is 9.59 Å². The fourth-order valence-electron chi connectivity index (χ4n) is 3.03. The maximum Gasteiger partial charge on any atom is 0.227 e. The summed E-state index contributed by atoms with van der Waals surface area (Å²) in [6.45, 7) is 10.7. The highest BCUT2D eigenvalue weighted by Gasteiger charge is 2.34. The van der Waals surface area contributed by atoms with E-state index < -0.39 is 0 Å². The predicted molar refractivity (Wildman–Crippen MR) is 78.1 cm³/mol. The van der Waals surface area contributed by atoms with Crippen molar-refractivity contribution in [2.24, 2.45) is 17.8 Å². The normalized spacial score (nSPS) is 27.2. The molecule has 2 saturated heterocycles. The molecule has 0 bridgehead atoms. The standard InChI is InChI=1S/C15H27N3O2/c1-11(2)8-14(19)17-4-6-18(7-5-17)15(20)13-10-16-9-12(13)3/h11-13,16H,4-10H2,1-3H3/t12-,13-/m1/s1. The van der Waals surface area contributed by atoms with Crippen molar-refractivity contribution in [3.8, 4) is 0 Å². The molecule has 0 radical (unpaired) electrons. The summed E-state index contributed by atoms with van der Waals surface area (Å²) in [6, 6.07) is 0. The molecule has 2 heterocycles. The van der Waals surface area contributed by atoms with Crippen molar-refractivity contribution in [1.82, 2.24) is 15.1 Å². The van der Waals surface area contributed by atoms with Crippen LogP contribution in [-0.2, 0) is 9.59 Å². The third kappa shape index (κ3) is 3.51. The summed E-state index contributed by atoms with van der Waals surface area (Å²) in [6.07, 6.45) is 0.609. The van der Waals surface area contributed by atoms with Crippen LogP contribution in [0.2, 0.25) is 0 Å². The van der Waals surface area contributed by atoms with Crippen LogP contribution in [0.25, 0.3) is 0 Å². The van der Waals surface area contributed by atoms with Gasteiger partial charge in [0.25, 0.3) is 0 Å². The number of piperazine rings is 1. The Balaban J connectivity index is 1.82. The van der Waals surface area contributed by atoms with Crippen molar-refractivity contribution in [2.45, 2.75) is 27.2 Å². The van der Waals surface area contributed by atoms with E-state index in [4.69, 9.17) is 0 Å². The van der Waals surface area contributed by atoms with Gasteiger partial charge in [-0.15, -0.1) is 0 Å². The minimum absolute atomic E-state index is 0.118. The molecule has 2 rings (SSSR count). The van der Waals surface area contributed by atoms with Crippen molar-refractivity contribution >= 4 is 11.8 Å². The number of nitrogens with one attached hydrogen (secondary N) is 1. The molecule has 2 aliphatic heterocycles. The van der Waals surface area contributed by atoms with Crippen molar-refractivity contribution in [1.29, 1.82) is 0 Å². The van der Waals surface area contributed by atoms with Gasteiger partial charge in [-0.25, -0.2) is 0 Å². The number of hydrogen-bond donors (Lipinski definition) is 1. The largest absolute Gasteiger partial charge is 0.339 e. The smallest absolute Gasteiger partial charge is 0.227 e. The Bertz CT molecular complexity index is 362. The third-order valence-corrected chi connectivity index (χ3v) is 4.36. The van der Waals surface area contributed by atoms with Gasteiger partial charge in [0.2, 0.25) is 11.8 Å². The van der Waals surface area contributed by atoms with Crippen LogP contribution < -0.4 is 5.32 Å². The van der Waals surface area contributed by atoms with Gasteiger partial charge in [-0.1, -0.05) is 20.8 Å². The molecule has 2 fully saturated rings. The van der Waals surface area contributed by atoms with Crippen LogP contribution >= 0.6 is 0 Å². The highest BCUT2D eigenvalue weighted by atomic mass is 16.2. The maximum atomic E-state index is 12.4. The lowest BCUT2D eigenvalue weighted by molar-refractivity contribution is -0.142. The van der Waals surface area contributed by atoms with Gasteiger partial charge >= 0.3 is 0 Å². The summed E-state index contributed by atoms with van der Waals surface area (Å²) < 4.78 is 0. The van der Waals surface area contributed by atoms with Gasteiger partial charge in [0.05, 0.1) is 5.92 Å². The van der Waals surface area contributed by atoms with Gasteiger partial charge in [0, 0.05) is 39.1 Å². The molecule has 0 aliphatic carbocycles. The van der Waals surface area contributed by atoms with Gasteiger partial charge < -0.3 is 15.1 Å². The average Bonchev–Trinajstić information content (AvgIpc) is 2.83. The maximum absolute atomic E-state index is 12.4. The molecule has 2 aliphatic rings. The summed E-state index contributed by atoms with van der Waals surface area (Å²) in [5.41, 5.74) is 0. The minimum atomic E-state index is 0.118. The Kier molecular flexibility index (Phi) is 5.02. The van der Waals surface area contributed by atoms with E-state index in [9.17, 15) is 9.59 Å². The van der Waals surface area contributed by atoms with Gasteiger partial charge in [-0.2, -0.15) is 0 Å². The molecule has 0 unspecified atom stereocenters. The molecule has 5 heteroatoms. The second-order valence-corrected chi connectivity index (χ2v) is 6.55. The lowest BCUT2D eigenvalue weighted by Crippen LogP contribution is -2.52. The van der Waals surface area contributed by atoms with Crippen molar-refractivity contribution in [2.75, 3.05) is 39.3 Å². The summed E-state index contributed by atoms with van der Waals surface area (Å²) >= 11 is 0. The third-order valence-electron chi connectivity index (χ3n) is 4.36. The van der Waals surface area contributed by atoms with E-state index in [1.165, 1.54) is 0 Å². The first-order valence-corrected chi connectivity index (χ1v) is 7.76. The molecule has 1 N–H and O–H groups in total. The van der Waals surface area contributed by atoms with Gasteiger partial charge in [0.1, 0.15) is 0 Å². The highest BCUT2D eigenvalue weighted by molar-refractivity contribution is 5.81. The van der Waals surface area contributed by atoms with E-state index in [2.05, 4.69) is 26.1 Å². The first-order chi connectivity index (χ1) is 9.49. The van der Waals surface area contributed by atoms with Crippen molar-refractivity contribution in [3.63, 3.8) is 0 Å². The lowest BCUT2D eigenvalue weighted by atomic mass is 9.96. The summed E-state index contributed by atoms with van der Waals surface area (Å²) in [4.78, 5) is 28.3. The molecule has 5 nitrogen and oxygen atoms in total. The van der Waals surface area contributed by atoms with E-state index in [1.807, 2.05) is 9.80 Å². The van der Waals surface area contributed by atoms with E-state index in [0.717, 1.165) is 13.1 Å². The fourth-order valence-corrected chi connectivity index (χ4v) is 3.03. The topological polar surface area (TPSA) is 52.7 Å². The predicted octanol–water partition coefficient (Wildman–Crippen LogP) is 0.559. The van der Waals surface area contributed by atoms with Crippen LogP contribution in [0.3, 0.4) is 0 Å². The summed E-state index contributed by atoms with van der Waals surface area (Å²) in [5.74, 6) is 1.42. The number of nitrogens with zero attached hydrogens (tertiary/aromatic N) is 2. The fraction of sp³-hybridized carbons (Fsp3) is 0.867. The van der Waals surface area contributed by atoms with Crippen LogP contribution in [0.15, 0.2) is 0 Å². The number of rotatable bonds is 3. The molecule has 2 atom stereocenters. The Hall–Kier alpha value is -1.10. The first-order valence-electron chi connectivity index (χ1n) is 7.76. The molecule has 2 amide bonds. The second-order valence-electron chi connectivity index (χ2n) is 6.55. The number of hydrogen-bond acceptors (Lipinski definition) is 3. The van der Waals surface area contributed by atoms with E-state index in [0.29, 0.717) is 44.4 Å². The van der Waals surface area contributed by atoms with Crippen LogP contribution in [-0.4, -0.2) is 60.9 Å². The van der Waals surface area contributed by atoms with Gasteiger partial charge in [-0.3, -0.25) is 9.59 Å². The molecule has 114 valence electrons.